The van der Waals surface area contributed by atoms with Gasteiger partial charge in [0.15, 0.2) is 12.4 Å². The van der Waals surface area contributed by atoms with Crippen LogP contribution in [0.1, 0.15) is 11.7 Å². The van der Waals surface area contributed by atoms with Gasteiger partial charge >= 0.3 is 0 Å². The number of carbonyl (C=O) groups is 1. The second kappa shape index (κ2) is 5.82. The van der Waals surface area contributed by atoms with Gasteiger partial charge in [-0.15, -0.1) is 0 Å². The molecule has 3 nitrogen and oxygen atoms in total. The summed E-state index contributed by atoms with van der Waals surface area (Å²) in [5.74, 6) is 0. The standard InChI is InChI=1S/C14H13NO2/c16-11-14(12-7-3-1-4-8-12)17-15-13-9-5-2-6-10-13/h1-11,14-15H/t14-/m0/s1. The monoisotopic (exact) mass is 227 g/mol. The van der Waals surface area contributed by atoms with E-state index in [0.29, 0.717) is 0 Å². The molecule has 2 aromatic rings. The van der Waals surface area contributed by atoms with E-state index in [4.69, 9.17) is 4.84 Å². The van der Waals surface area contributed by atoms with Crippen LogP contribution < -0.4 is 5.48 Å². The SMILES string of the molecule is O=C[C@H](ONc1ccccc1)c1ccccc1. The van der Waals surface area contributed by atoms with Crippen molar-refractivity contribution >= 4 is 12.0 Å². The van der Waals surface area contributed by atoms with E-state index >= 15 is 0 Å². The highest BCUT2D eigenvalue weighted by molar-refractivity contribution is 5.60. The van der Waals surface area contributed by atoms with Crippen molar-refractivity contribution in [2.75, 3.05) is 5.48 Å². The van der Waals surface area contributed by atoms with Crippen LogP contribution in [0.5, 0.6) is 0 Å². The summed E-state index contributed by atoms with van der Waals surface area (Å²) < 4.78 is 0. The Labute approximate surface area is 100.0 Å². The molecule has 0 aliphatic heterocycles. The second-order valence-electron chi connectivity index (χ2n) is 3.55. The zero-order chi connectivity index (χ0) is 11.9. The Bertz CT molecular complexity index is 456. The Balaban J connectivity index is 2.00. The molecule has 0 bridgehead atoms. The van der Waals surface area contributed by atoms with Crippen molar-refractivity contribution in [3.8, 4) is 0 Å². The van der Waals surface area contributed by atoms with E-state index in [1.165, 1.54) is 0 Å². The lowest BCUT2D eigenvalue weighted by atomic mass is 10.1. The number of hydrogen-bond acceptors (Lipinski definition) is 3. The van der Waals surface area contributed by atoms with Gasteiger partial charge in [-0.1, -0.05) is 48.5 Å². The van der Waals surface area contributed by atoms with Crippen LogP contribution >= 0.6 is 0 Å². The number of nitrogens with one attached hydrogen (secondary N) is 1. The van der Waals surface area contributed by atoms with Crippen LogP contribution in [-0.4, -0.2) is 6.29 Å². The molecule has 0 aromatic heterocycles. The molecule has 17 heavy (non-hydrogen) atoms. The van der Waals surface area contributed by atoms with Crippen molar-refractivity contribution in [1.82, 2.24) is 0 Å². The highest BCUT2D eigenvalue weighted by Gasteiger charge is 2.10. The number of rotatable bonds is 5. The summed E-state index contributed by atoms with van der Waals surface area (Å²) in [5, 5.41) is 0. The second-order valence-corrected chi connectivity index (χ2v) is 3.55. The minimum atomic E-state index is -0.601. The molecule has 2 aromatic carbocycles. The van der Waals surface area contributed by atoms with Gasteiger partial charge < -0.3 is 0 Å². The smallest absolute Gasteiger partial charge is 0.165 e. The fourth-order valence-electron chi connectivity index (χ4n) is 1.45. The van der Waals surface area contributed by atoms with Gasteiger partial charge in [0, 0.05) is 0 Å². The number of hydrogen-bond donors (Lipinski definition) is 1. The van der Waals surface area contributed by atoms with Gasteiger partial charge in [-0.25, -0.2) is 0 Å². The Morgan fingerprint density at radius 2 is 1.53 bits per heavy atom. The number of para-hydroxylation sites is 1. The van der Waals surface area contributed by atoms with Gasteiger partial charge in [0.1, 0.15) is 0 Å². The van der Waals surface area contributed by atoms with Crippen molar-refractivity contribution in [3.63, 3.8) is 0 Å². The van der Waals surface area contributed by atoms with E-state index in [9.17, 15) is 4.79 Å². The maximum atomic E-state index is 11.0. The molecule has 1 N–H and O–H groups in total. The number of aldehydes is 1. The van der Waals surface area contributed by atoms with Gasteiger partial charge in [-0.05, 0) is 17.7 Å². The Hall–Kier alpha value is -2.13. The molecule has 0 radical (unpaired) electrons. The minimum absolute atomic E-state index is 0.601. The average molecular weight is 227 g/mol. The molecule has 0 aliphatic rings. The van der Waals surface area contributed by atoms with Gasteiger partial charge in [-0.2, -0.15) is 0 Å². The lowest BCUT2D eigenvalue weighted by Crippen LogP contribution is -2.10. The predicted octanol–water partition coefficient (Wildman–Crippen LogP) is 2.97. The lowest BCUT2D eigenvalue weighted by Gasteiger charge is -2.13. The summed E-state index contributed by atoms with van der Waals surface area (Å²) in [6, 6.07) is 18.8. The van der Waals surface area contributed by atoms with E-state index in [1.54, 1.807) is 0 Å². The largest absolute Gasteiger partial charge is 0.300 e. The van der Waals surface area contributed by atoms with E-state index < -0.39 is 6.10 Å². The molecular weight excluding hydrogens is 214 g/mol. The van der Waals surface area contributed by atoms with Gasteiger partial charge in [0.25, 0.3) is 0 Å². The normalized spacial score (nSPS) is 11.8. The first-order chi connectivity index (χ1) is 8.40. The van der Waals surface area contributed by atoms with Crippen molar-refractivity contribution in [2.45, 2.75) is 6.10 Å². The first-order valence-corrected chi connectivity index (χ1v) is 5.37. The summed E-state index contributed by atoms with van der Waals surface area (Å²) in [5.41, 5.74) is 4.40. The molecule has 0 unspecified atom stereocenters. The molecular formula is C14H13NO2. The molecule has 1 atom stereocenters. The molecule has 0 spiro atoms. The molecule has 0 amide bonds. The fourth-order valence-corrected chi connectivity index (χ4v) is 1.45. The summed E-state index contributed by atoms with van der Waals surface area (Å²) in [6.45, 7) is 0. The Morgan fingerprint density at radius 3 is 2.12 bits per heavy atom. The summed E-state index contributed by atoms with van der Waals surface area (Å²) in [6.07, 6.45) is 0.169. The average Bonchev–Trinajstić information content (AvgIpc) is 2.42. The van der Waals surface area contributed by atoms with Gasteiger partial charge in [0.05, 0.1) is 5.69 Å². The van der Waals surface area contributed by atoms with Crippen molar-refractivity contribution in [3.05, 3.63) is 66.2 Å². The highest BCUT2D eigenvalue weighted by Crippen LogP contribution is 2.16. The van der Waals surface area contributed by atoms with Crippen molar-refractivity contribution < 1.29 is 9.63 Å². The van der Waals surface area contributed by atoms with Crippen LogP contribution in [0, 0.1) is 0 Å². The molecule has 0 fully saturated rings. The van der Waals surface area contributed by atoms with E-state index in [0.717, 1.165) is 17.5 Å². The zero-order valence-corrected chi connectivity index (χ0v) is 9.24. The molecule has 0 aliphatic carbocycles. The zero-order valence-electron chi connectivity index (χ0n) is 9.24. The molecule has 0 saturated carbocycles. The minimum Gasteiger partial charge on any atom is -0.300 e. The summed E-state index contributed by atoms with van der Waals surface area (Å²) in [4.78, 5) is 16.3. The van der Waals surface area contributed by atoms with E-state index in [1.807, 2.05) is 60.7 Å². The van der Waals surface area contributed by atoms with E-state index in [-0.39, 0.29) is 0 Å². The maximum Gasteiger partial charge on any atom is 0.165 e. The Morgan fingerprint density at radius 1 is 0.941 bits per heavy atom. The van der Waals surface area contributed by atoms with Gasteiger partial charge in [-0.3, -0.25) is 15.1 Å². The summed E-state index contributed by atoms with van der Waals surface area (Å²) in [7, 11) is 0. The van der Waals surface area contributed by atoms with Crippen molar-refractivity contribution in [2.24, 2.45) is 0 Å². The number of benzene rings is 2. The van der Waals surface area contributed by atoms with Gasteiger partial charge in [0.2, 0.25) is 0 Å². The topological polar surface area (TPSA) is 38.3 Å². The first-order valence-electron chi connectivity index (χ1n) is 5.37. The third kappa shape index (κ3) is 3.16. The lowest BCUT2D eigenvalue weighted by molar-refractivity contribution is -0.116. The first kappa shape index (κ1) is 11.4. The molecule has 0 saturated heterocycles. The van der Waals surface area contributed by atoms with Crippen LogP contribution in [0.2, 0.25) is 0 Å². The number of anilines is 1. The van der Waals surface area contributed by atoms with Crippen LogP contribution in [0.15, 0.2) is 60.7 Å². The Kier molecular flexibility index (Phi) is 3.89. The van der Waals surface area contributed by atoms with Crippen LogP contribution in [0.25, 0.3) is 0 Å². The molecule has 3 heteroatoms. The fraction of sp³-hybridized carbons (Fsp3) is 0.0714. The molecule has 2 rings (SSSR count). The molecule has 0 heterocycles. The van der Waals surface area contributed by atoms with Crippen LogP contribution in [0.4, 0.5) is 5.69 Å². The quantitative estimate of drug-likeness (QED) is 0.630. The van der Waals surface area contributed by atoms with Crippen molar-refractivity contribution in [1.29, 1.82) is 0 Å². The van der Waals surface area contributed by atoms with Crippen LogP contribution in [0.3, 0.4) is 0 Å². The number of carbonyl (C=O) groups excluding carboxylic acids is 1. The third-order valence-electron chi connectivity index (χ3n) is 2.33. The molecule has 86 valence electrons. The van der Waals surface area contributed by atoms with Crippen LogP contribution in [-0.2, 0) is 9.63 Å². The summed E-state index contributed by atoms with van der Waals surface area (Å²) >= 11 is 0. The predicted molar refractivity (Wildman–Crippen MR) is 66.4 cm³/mol. The van der Waals surface area contributed by atoms with E-state index in [2.05, 4.69) is 5.48 Å². The highest BCUT2D eigenvalue weighted by atomic mass is 16.7. The maximum absolute atomic E-state index is 11.0. The third-order valence-corrected chi connectivity index (χ3v) is 2.33.